The molecule has 0 aliphatic rings. The molecular formula is C15H18ClNO. The van der Waals surface area contributed by atoms with Gasteiger partial charge in [0.05, 0.1) is 12.3 Å². The molecule has 1 unspecified atom stereocenters. The maximum Gasteiger partial charge on any atom is 0.198 e. The summed E-state index contributed by atoms with van der Waals surface area (Å²) in [6.45, 7) is 6.38. The summed E-state index contributed by atoms with van der Waals surface area (Å²) in [4.78, 5) is 0. The van der Waals surface area contributed by atoms with Crippen molar-refractivity contribution < 1.29 is 4.42 Å². The fraction of sp³-hybridized carbons (Fsp3) is 0.333. The van der Waals surface area contributed by atoms with Gasteiger partial charge in [-0.05, 0) is 67.7 Å². The third kappa shape index (κ3) is 2.31. The molecule has 0 radical (unpaired) electrons. The van der Waals surface area contributed by atoms with Crippen LogP contribution in [0, 0.1) is 20.8 Å². The average Bonchev–Trinajstić information content (AvgIpc) is 2.73. The second-order valence-electron chi connectivity index (χ2n) is 4.66. The first-order valence-electron chi connectivity index (χ1n) is 6.02. The fourth-order valence-electron chi connectivity index (χ4n) is 2.28. The summed E-state index contributed by atoms with van der Waals surface area (Å²) < 4.78 is 5.19. The Kier molecular flexibility index (Phi) is 3.79. The van der Waals surface area contributed by atoms with Gasteiger partial charge in [0.2, 0.25) is 0 Å². The van der Waals surface area contributed by atoms with Crippen molar-refractivity contribution in [3.8, 4) is 0 Å². The Labute approximate surface area is 113 Å². The smallest absolute Gasteiger partial charge is 0.198 e. The highest BCUT2D eigenvalue weighted by Gasteiger charge is 2.19. The number of hydrogen-bond acceptors (Lipinski definition) is 2. The van der Waals surface area contributed by atoms with Crippen molar-refractivity contribution in [3.05, 3.63) is 57.5 Å². The standard InChI is InChI=1S/C15H18ClNO/c1-9-7-11(3)13(8-10(9)2)14(17-4)12-5-6-18-15(12)16/h5-8,14,17H,1-4H3. The van der Waals surface area contributed by atoms with E-state index in [0.717, 1.165) is 5.56 Å². The summed E-state index contributed by atoms with van der Waals surface area (Å²) in [5.41, 5.74) is 6.07. The largest absolute Gasteiger partial charge is 0.453 e. The van der Waals surface area contributed by atoms with Gasteiger partial charge in [0, 0.05) is 5.56 Å². The molecule has 0 aliphatic carbocycles. The normalized spacial score (nSPS) is 12.7. The minimum absolute atomic E-state index is 0.0653. The quantitative estimate of drug-likeness (QED) is 0.899. The van der Waals surface area contributed by atoms with Crippen molar-refractivity contribution in [2.45, 2.75) is 26.8 Å². The third-order valence-corrected chi connectivity index (χ3v) is 3.75. The zero-order chi connectivity index (χ0) is 13.3. The SMILES string of the molecule is CNC(c1cc(C)c(C)cc1C)c1ccoc1Cl. The Morgan fingerprint density at radius 1 is 1.06 bits per heavy atom. The highest BCUT2D eigenvalue weighted by molar-refractivity contribution is 6.29. The van der Waals surface area contributed by atoms with Crippen LogP contribution in [0.3, 0.4) is 0 Å². The predicted molar refractivity (Wildman–Crippen MR) is 75.3 cm³/mol. The molecule has 1 aromatic carbocycles. The van der Waals surface area contributed by atoms with Gasteiger partial charge in [0.1, 0.15) is 0 Å². The molecule has 0 bridgehead atoms. The summed E-state index contributed by atoms with van der Waals surface area (Å²) in [5, 5.41) is 3.76. The first-order chi connectivity index (χ1) is 8.54. The van der Waals surface area contributed by atoms with E-state index in [9.17, 15) is 0 Å². The lowest BCUT2D eigenvalue weighted by Gasteiger charge is -2.19. The van der Waals surface area contributed by atoms with Gasteiger partial charge in [-0.3, -0.25) is 0 Å². The van der Waals surface area contributed by atoms with E-state index in [4.69, 9.17) is 16.0 Å². The van der Waals surface area contributed by atoms with Gasteiger partial charge >= 0.3 is 0 Å². The molecule has 1 N–H and O–H groups in total. The summed E-state index contributed by atoms with van der Waals surface area (Å²) in [6, 6.07) is 6.41. The molecule has 0 saturated carbocycles. The van der Waals surface area contributed by atoms with Crippen LogP contribution in [0.1, 0.15) is 33.9 Å². The molecule has 0 spiro atoms. The molecule has 3 heteroatoms. The maximum atomic E-state index is 6.08. The lowest BCUT2D eigenvalue weighted by molar-refractivity contribution is 0.559. The van der Waals surface area contributed by atoms with Crippen LogP contribution in [0.25, 0.3) is 0 Å². The van der Waals surface area contributed by atoms with Gasteiger partial charge in [0.25, 0.3) is 0 Å². The number of benzene rings is 1. The van der Waals surface area contributed by atoms with E-state index in [2.05, 4.69) is 38.2 Å². The second kappa shape index (κ2) is 5.17. The Balaban J connectivity index is 2.52. The van der Waals surface area contributed by atoms with Crippen LogP contribution in [-0.2, 0) is 0 Å². The number of hydrogen-bond donors (Lipinski definition) is 1. The van der Waals surface area contributed by atoms with Crippen molar-refractivity contribution >= 4 is 11.6 Å². The Morgan fingerprint density at radius 3 is 2.28 bits per heavy atom. The summed E-state index contributed by atoms with van der Waals surface area (Å²) in [5.74, 6) is 0. The molecule has 2 aromatic rings. The van der Waals surface area contributed by atoms with E-state index in [0.29, 0.717) is 5.22 Å². The highest BCUT2D eigenvalue weighted by Crippen LogP contribution is 2.31. The molecule has 0 fully saturated rings. The first-order valence-corrected chi connectivity index (χ1v) is 6.40. The van der Waals surface area contributed by atoms with Crippen LogP contribution in [0.2, 0.25) is 5.22 Å². The van der Waals surface area contributed by atoms with Gasteiger partial charge in [-0.2, -0.15) is 0 Å². The van der Waals surface area contributed by atoms with Crippen LogP contribution in [0.5, 0.6) is 0 Å². The van der Waals surface area contributed by atoms with E-state index in [1.165, 1.54) is 22.3 Å². The minimum Gasteiger partial charge on any atom is -0.453 e. The number of rotatable bonds is 3. The molecule has 2 rings (SSSR count). The molecule has 0 aliphatic heterocycles. The number of aryl methyl sites for hydroxylation is 3. The summed E-state index contributed by atoms with van der Waals surface area (Å²) in [6.07, 6.45) is 1.62. The topological polar surface area (TPSA) is 25.2 Å². The Morgan fingerprint density at radius 2 is 1.72 bits per heavy atom. The van der Waals surface area contributed by atoms with Crippen molar-refractivity contribution in [3.63, 3.8) is 0 Å². The molecule has 1 aromatic heterocycles. The Bertz CT molecular complexity index is 560. The van der Waals surface area contributed by atoms with Gasteiger partial charge in [0.15, 0.2) is 5.22 Å². The van der Waals surface area contributed by atoms with Crippen LogP contribution in [-0.4, -0.2) is 7.05 Å². The van der Waals surface area contributed by atoms with E-state index in [1.54, 1.807) is 6.26 Å². The molecule has 18 heavy (non-hydrogen) atoms. The molecule has 0 amide bonds. The van der Waals surface area contributed by atoms with E-state index in [1.807, 2.05) is 13.1 Å². The van der Waals surface area contributed by atoms with Crippen LogP contribution in [0.4, 0.5) is 0 Å². The molecule has 2 nitrogen and oxygen atoms in total. The van der Waals surface area contributed by atoms with Crippen LogP contribution in [0.15, 0.2) is 28.9 Å². The lowest BCUT2D eigenvalue weighted by atomic mass is 9.93. The Hall–Kier alpha value is -1.25. The maximum absolute atomic E-state index is 6.08. The van der Waals surface area contributed by atoms with Gasteiger partial charge < -0.3 is 9.73 Å². The van der Waals surface area contributed by atoms with E-state index >= 15 is 0 Å². The zero-order valence-corrected chi connectivity index (χ0v) is 11.9. The van der Waals surface area contributed by atoms with Crippen molar-refractivity contribution in [1.82, 2.24) is 5.32 Å². The molecule has 1 heterocycles. The summed E-state index contributed by atoms with van der Waals surface area (Å²) in [7, 11) is 1.93. The van der Waals surface area contributed by atoms with Crippen LogP contribution < -0.4 is 5.32 Å². The van der Waals surface area contributed by atoms with Crippen LogP contribution >= 0.6 is 11.6 Å². The zero-order valence-electron chi connectivity index (χ0n) is 11.2. The highest BCUT2D eigenvalue weighted by atomic mass is 35.5. The molecule has 0 saturated heterocycles. The number of halogens is 1. The van der Waals surface area contributed by atoms with Gasteiger partial charge in [-0.25, -0.2) is 0 Å². The minimum atomic E-state index is 0.0653. The van der Waals surface area contributed by atoms with Gasteiger partial charge in [-0.1, -0.05) is 12.1 Å². The summed E-state index contributed by atoms with van der Waals surface area (Å²) >= 11 is 6.08. The van der Waals surface area contributed by atoms with E-state index < -0.39 is 0 Å². The fourth-order valence-corrected chi connectivity index (χ4v) is 2.51. The van der Waals surface area contributed by atoms with E-state index in [-0.39, 0.29) is 6.04 Å². The number of furan rings is 1. The lowest BCUT2D eigenvalue weighted by Crippen LogP contribution is -2.18. The van der Waals surface area contributed by atoms with Crippen molar-refractivity contribution in [1.29, 1.82) is 0 Å². The van der Waals surface area contributed by atoms with Crippen molar-refractivity contribution in [2.24, 2.45) is 0 Å². The molecular weight excluding hydrogens is 246 g/mol. The first kappa shape index (κ1) is 13.2. The third-order valence-electron chi connectivity index (χ3n) is 3.44. The van der Waals surface area contributed by atoms with Gasteiger partial charge in [-0.15, -0.1) is 0 Å². The van der Waals surface area contributed by atoms with Crippen molar-refractivity contribution in [2.75, 3.05) is 7.05 Å². The monoisotopic (exact) mass is 263 g/mol. The average molecular weight is 264 g/mol. The molecule has 1 atom stereocenters. The molecule has 96 valence electrons. The predicted octanol–water partition coefficient (Wildman–Crippen LogP) is 4.17. The number of nitrogens with one attached hydrogen (secondary N) is 1. The second-order valence-corrected chi connectivity index (χ2v) is 5.01.